The fourth-order valence-electron chi connectivity index (χ4n) is 7.90. The second kappa shape index (κ2) is 5.93. The first-order valence-electron chi connectivity index (χ1n) is 11.1. The number of aliphatic hydroxyl groups is 1. The number of piperidine rings is 1. The van der Waals surface area contributed by atoms with Gasteiger partial charge in [0, 0.05) is 26.2 Å². The van der Waals surface area contributed by atoms with Crippen molar-refractivity contribution in [1.82, 2.24) is 9.80 Å². The van der Waals surface area contributed by atoms with Crippen LogP contribution >= 0.6 is 0 Å². The molecule has 0 aromatic rings. The third-order valence-electron chi connectivity index (χ3n) is 8.79. The number of morpholine rings is 1. The predicted octanol–water partition coefficient (Wildman–Crippen LogP) is 2.42. The van der Waals surface area contributed by atoms with Gasteiger partial charge in [-0.2, -0.15) is 0 Å². The number of carbonyl (C=O) groups is 1. The van der Waals surface area contributed by atoms with Crippen molar-refractivity contribution in [2.24, 2.45) is 16.7 Å². The summed E-state index contributed by atoms with van der Waals surface area (Å²) in [6.07, 6.45) is 8.90. The first-order chi connectivity index (χ1) is 12.8. The summed E-state index contributed by atoms with van der Waals surface area (Å²) in [6.45, 7) is 6.50. The van der Waals surface area contributed by atoms with Gasteiger partial charge < -0.3 is 19.6 Å². The molecule has 6 rings (SSSR count). The lowest BCUT2D eigenvalue weighted by Gasteiger charge is -2.65. The van der Waals surface area contributed by atoms with Crippen LogP contribution in [0.15, 0.2) is 0 Å². The van der Waals surface area contributed by atoms with E-state index in [0.29, 0.717) is 24.9 Å². The minimum absolute atomic E-state index is 0.137. The molecule has 1 N–H and O–H groups in total. The highest BCUT2D eigenvalue weighted by atomic mass is 16.5. The molecule has 152 valence electrons. The molecule has 5 heteroatoms. The molecular formula is C22H36N2O3. The van der Waals surface area contributed by atoms with Crippen molar-refractivity contribution in [2.75, 3.05) is 39.8 Å². The third-order valence-corrected chi connectivity index (χ3v) is 8.79. The Balaban J connectivity index is 1.39. The maximum Gasteiger partial charge on any atom is 0.229 e. The standard InChI is InChI=1S/C22H36N2O3/c1-3-19-10-17-11-20(13-19,15-21(26,12-17)14-19)18(25)24-8-9-27-22(16-24)4-6-23(2)7-5-22/h17,26H,3-16H2,1-2H3. The number of nitrogens with zero attached hydrogens (tertiary/aromatic N) is 2. The summed E-state index contributed by atoms with van der Waals surface area (Å²) < 4.78 is 6.24. The highest BCUT2D eigenvalue weighted by Crippen LogP contribution is 2.68. The van der Waals surface area contributed by atoms with Crippen molar-refractivity contribution >= 4 is 5.91 Å². The zero-order valence-electron chi connectivity index (χ0n) is 17.1. The highest BCUT2D eigenvalue weighted by molar-refractivity contribution is 5.84. The fraction of sp³-hybridized carbons (Fsp3) is 0.955. The van der Waals surface area contributed by atoms with Crippen molar-refractivity contribution in [3.05, 3.63) is 0 Å². The topological polar surface area (TPSA) is 53.0 Å². The number of carbonyl (C=O) groups excluding carboxylic acids is 1. The van der Waals surface area contributed by atoms with Crippen LogP contribution in [-0.4, -0.2) is 71.8 Å². The van der Waals surface area contributed by atoms with E-state index in [1.165, 1.54) is 6.42 Å². The number of hydrogen-bond donors (Lipinski definition) is 1. The van der Waals surface area contributed by atoms with Gasteiger partial charge in [-0.3, -0.25) is 4.79 Å². The molecule has 4 aliphatic carbocycles. The van der Waals surface area contributed by atoms with Crippen molar-refractivity contribution in [3.63, 3.8) is 0 Å². The molecule has 4 bridgehead atoms. The molecule has 4 unspecified atom stereocenters. The minimum atomic E-state index is -0.595. The quantitative estimate of drug-likeness (QED) is 0.804. The van der Waals surface area contributed by atoms with Crippen LogP contribution in [0.3, 0.4) is 0 Å². The Morgan fingerprint density at radius 2 is 1.89 bits per heavy atom. The van der Waals surface area contributed by atoms with E-state index in [2.05, 4.69) is 23.8 Å². The van der Waals surface area contributed by atoms with E-state index in [9.17, 15) is 9.90 Å². The van der Waals surface area contributed by atoms with Crippen LogP contribution in [0.25, 0.3) is 0 Å². The predicted molar refractivity (Wildman–Crippen MR) is 103 cm³/mol. The van der Waals surface area contributed by atoms with E-state index in [1.807, 2.05) is 0 Å². The molecule has 6 aliphatic rings. The van der Waals surface area contributed by atoms with E-state index in [4.69, 9.17) is 4.74 Å². The van der Waals surface area contributed by atoms with Gasteiger partial charge in [0.15, 0.2) is 0 Å². The van der Waals surface area contributed by atoms with E-state index in [0.717, 1.165) is 71.1 Å². The molecule has 2 heterocycles. The van der Waals surface area contributed by atoms with Crippen molar-refractivity contribution < 1.29 is 14.6 Å². The van der Waals surface area contributed by atoms with Gasteiger partial charge in [0.2, 0.25) is 5.91 Å². The lowest BCUT2D eigenvalue weighted by atomic mass is 9.42. The van der Waals surface area contributed by atoms with E-state index in [-0.39, 0.29) is 16.4 Å². The maximum atomic E-state index is 13.9. The summed E-state index contributed by atoms with van der Waals surface area (Å²) >= 11 is 0. The molecule has 4 saturated carbocycles. The molecular weight excluding hydrogens is 340 g/mol. The number of rotatable bonds is 2. The van der Waals surface area contributed by atoms with Gasteiger partial charge in [-0.05, 0) is 69.7 Å². The Morgan fingerprint density at radius 1 is 1.11 bits per heavy atom. The van der Waals surface area contributed by atoms with Gasteiger partial charge in [0.25, 0.3) is 0 Å². The normalized spacial score (nSPS) is 46.2. The molecule has 0 aromatic heterocycles. The molecule has 4 atom stereocenters. The molecule has 1 spiro atoms. The number of likely N-dealkylation sites (tertiary alicyclic amines) is 1. The lowest BCUT2D eigenvalue weighted by Crippen LogP contribution is -2.66. The first-order valence-corrected chi connectivity index (χ1v) is 11.1. The first kappa shape index (κ1) is 18.4. The Hall–Kier alpha value is -0.650. The second-order valence-corrected chi connectivity index (χ2v) is 10.9. The largest absolute Gasteiger partial charge is 0.390 e. The summed E-state index contributed by atoms with van der Waals surface area (Å²) in [5.74, 6) is 0.873. The summed E-state index contributed by atoms with van der Waals surface area (Å²) in [5.41, 5.74) is -0.847. The van der Waals surface area contributed by atoms with Crippen LogP contribution in [0.4, 0.5) is 0 Å². The van der Waals surface area contributed by atoms with Crippen LogP contribution < -0.4 is 0 Å². The van der Waals surface area contributed by atoms with Crippen LogP contribution in [0, 0.1) is 16.7 Å². The van der Waals surface area contributed by atoms with Crippen LogP contribution in [0.1, 0.15) is 64.7 Å². The van der Waals surface area contributed by atoms with Crippen molar-refractivity contribution in [3.8, 4) is 0 Å². The van der Waals surface area contributed by atoms with Gasteiger partial charge in [-0.15, -0.1) is 0 Å². The Kier molecular flexibility index (Phi) is 4.04. The SMILES string of the molecule is CCC12CC3CC(O)(C1)CC(C(=O)N1CCOC4(CCN(C)CC4)C1)(C3)C2. The summed E-state index contributed by atoms with van der Waals surface area (Å²) in [5, 5.41) is 11.3. The smallest absolute Gasteiger partial charge is 0.229 e. The summed E-state index contributed by atoms with van der Waals surface area (Å²) in [6, 6.07) is 0. The van der Waals surface area contributed by atoms with Gasteiger partial charge >= 0.3 is 0 Å². The second-order valence-electron chi connectivity index (χ2n) is 10.9. The van der Waals surface area contributed by atoms with E-state index < -0.39 is 5.60 Å². The highest BCUT2D eigenvalue weighted by Gasteiger charge is 2.65. The van der Waals surface area contributed by atoms with Gasteiger partial charge in [-0.1, -0.05) is 13.3 Å². The number of amides is 1. The molecule has 0 aromatic carbocycles. The molecule has 6 fully saturated rings. The monoisotopic (exact) mass is 376 g/mol. The zero-order valence-corrected chi connectivity index (χ0v) is 17.1. The molecule has 27 heavy (non-hydrogen) atoms. The lowest BCUT2D eigenvalue weighted by molar-refractivity contribution is -0.216. The maximum absolute atomic E-state index is 13.9. The molecule has 2 saturated heterocycles. The van der Waals surface area contributed by atoms with Gasteiger partial charge in [-0.25, -0.2) is 0 Å². The summed E-state index contributed by atoms with van der Waals surface area (Å²) in [4.78, 5) is 18.4. The van der Waals surface area contributed by atoms with Crippen molar-refractivity contribution in [2.45, 2.75) is 75.9 Å². The van der Waals surface area contributed by atoms with Crippen molar-refractivity contribution in [1.29, 1.82) is 0 Å². The van der Waals surface area contributed by atoms with Crippen LogP contribution in [0.5, 0.6) is 0 Å². The van der Waals surface area contributed by atoms with Crippen LogP contribution in [0.2, 0.25) is 0 Å². The van der Waals surface area contributed by atoms with E-state index in [1.54, 1.807) is 0 Å². The average Bonchev–Trinajstić information content (AvgIpc) is 2.62. The Labute approximate surface area is 163 Å². The van der Waals surface area contributed by atoms with Gasteiger partial charge in [0.05, 0.1) is 23.2 Å². The Morgan fingerprint density at radius 3 is 2.59 bits per heavy atom. The zero-order chi connectivity index (χ0) is 18.9. The Bertz CT molecular complexity index is 631. The van der Waals surface area contributed by atoms with Crippen LogP contribution in [-0.2, 0) is 9.53 Å². The van der Waals surface area contributed by atoms with Gasteiger partial charge in [0.1, 0.15) is 0 Å². The number of hydrogen-bond acceptors (Lipinski definition) is 4. The van der Waals surface area contributed by atoms with E-state index >= 15 is 0 Å². The molecule has 1 amide bonds. The molecule has 0 radical (unpaired) electrons. The minimum Gasteiger partial charge on any atom is -0.390 e. The fourth-order valence-corrected chi connectivity index (χ4v) is 7.90. The summed E-state index contributed by atoms with van der Waals surface area (Å²) in [7, 11) is 2.17. The average molecular weight is 377 g/mol. The third kappa shape index (κ3) is 2.87. The number of ether oxygens (including phenoxy) is 1. The molecule has 5 nitrogen and oxygen atoms in total. The molecule has 2 aliphatic heterocycles.